The molecule has 1 atom stereocenters. The summed E-state index contributed by atoms with van der Waals surface area (Å²) in [5.74, 6) is 1.46. The zero-order valence-electron chi connectivity index (χ0n) is 16.5. The number of benzene rings is 1. The molecule has 0 aliphatic carbocycles. The lowest BCUT2D eigenvalue weighted by atomic mass is 10.2. The summed E-state index contributed by atoms with van der Waals surface area (Å²) in [6.07, 6.45) is 11.6. The van der Waals surface area contributed by atoms with Crippen LogP contribution in [0.5, 0.6) is 0 Å². The van der Waals surface area contributed by atoms with Gasteiger partial charge in [-0.2, -0.15) is 16.9 Å². The van der Waals surface area contributed by atoms with Crippen molar-refractivity contribution in [3.8, 4) is 5.69 Å². The number of aromatic nitrogens is 5. The molecule has 1 amide bonds. The van der Waals surface area contributed by atoms with Crippen LogP contribution < -0.4 is 5.32 Å². The molecule has 0 aliphatic rings. The summed E-state index contributed by atoms with van der Waals surface area (Å²) < 4.78 is 3.69. The van der Waals surface area contributed by atoms with E-state index in [1.165, 1.54) is 6.08 Å². The summed E-state index contributed by atoms with van der Waals surface area (Å²) in [6, 6.07) is 15.4. The minimum absolute atomic E-state index is 0.179. The number of nitrogens with one attached hydrogen (secondary N) is 1. The van der Waals surface area contributed by atoms with Crippen molar-refractivity contribution in [2.45, 2.75) is 12.5 Å². The smallest absolute Gasteiger partial charge is 0.244 e. The molecular weight excluding hydrogens is 396 g/mol. The molecule has 4 rings (SSSR count). The average Bonchev–Trinajstić information content (AvgIpc) is 3.43. The Kier molecular flexibility index (Phi) is 6.24. The Morgan fingerprint density at radius 1 is 1.17 bits per heavy atom. The van der Waals surface area contributed by atoms with E-state index in [0.29, 0.717) is 0 Å². The van der Waals surface area contributed by atoms with Crippen molar-refractivity contribution in [1.82, 2.24) is 29.7 Å². The van der Waals surface area contributed by atoms with Gasteiger partial charge in [0.1, 0.15) is 0 Å². The number of fused-ring (bicyclic) bond motifs is 1. The van der Waals surface area contributed by atoms with E-state index >= 15 is 0 Å². The standard InChI is InChI=1S/C22H22N6OS/c1-30-14-12-19(22-26-25-20-9-5-6-13-27(20)22)24-21(29)11-10-17-15-23-28(16-17)18-7-3-2-4-8-18/h2-11,13,15-16,19H,12,14H2,1H3,(H,24,29)/b11-10-. The molecule has 0 fully saturated rings. The second-order valence-corrected chi connectivity index (χ2v) is 7.70. The maximum absolute atomic E-state index is 12.6. The van der Waals surface area contributed by atoms with Crippen LogP contribution in [0.15, 0.2) is 73.2 Å². The van der Waals surface area contributed by atoms with Crippen molar-refractivity contribution >= 4 is 29.4 Å². The quantitative estimate of drug-likeness (QED) is 0.443. The Balaban J connectivity index is 1.47. The second-order valence-electron chi connectivity index (χ2n) is 6.72. The van der Waals surface area contributed by atoms with Crippen LogP contribution in [-0.4, -0.2) is 42.3 Å². The molecule has 4 aromatic rings. The van der Waals surface area contributed by atoms with Gasteiger partial charge in [0, 0.05) is 24.0 Å². The molecule has 1 N–H and O–H groups in total. The highest BCUT2D eigenvalue weighted by atomic mass is 32.2. The largest absolute Gasteiger partial charge is 0.342 e. The van der Waals surface area contributed by atoms with Gasteiger partial charge in [-0.3, -0.25) is 9.20 Å². The summed E-state index contributed by atoms with van der Waals surface area (Å²) in [7, 11) is 0. The fraction of sp³-hybridized carbons (Fsp3) is 0.182. The van der Waals surface area contributed by atoms with E-state index in [1.54, 1.807) is 28.7 Å². The van der Waals surface area contributed by atoms with Gasteiger partial charge in [0.25, 0.3) is 0 Å². The fourth-order valence-electron chi connectivity index (χ4n) is 3.14. The number of hydrogen-bond donors (Lipinski definition) is 1. The number of rotatable bonds is 8. The van der Waals surface area contributed by atoms with E-state index in [1.807, 2.05) is 71.6 Å². The van der Waals surface area contributed by atoms with Gasteiger partial charge >= 0.3 is 0 Å². The lowest BCUT2D eigenvalue weighted by Crippen LogP contribution is -2.29. The lowest BCUT2D eigenvalue weighted by Gasteiger charge is -2.15. The minimum atomic E-state index is -0.223. The Morgan fingerprint density at radius 3 is 2.83 bits per heavy atom. The average molecular weight is 419 g/mol. The third-order valence-electron chi connectivity index (χ3n) is 4.63. The van der Waals surface area contributed by atoms with Crippen LogP contribution in [0.1, 0.15) is 23.9 Å². The molecule has 8 heteroatoms. The SMILES string of the molecule is CSCCC(NC(=O)/C=C\c1cnn(-c2ccccc2)c1)c1nnc2ccccn12. The number of para-hydroxylation sites is 1. The third kappa shape index (κ3) is 4.60. The first kappa shape index (κ1) is 19.9. The molecule has 0 saturated carbocycles. The molecule has 0 bridgehead atoms. The fourth-order valence-corrected chi connectivity index (χ4v) is 3.61. The normalized spacial score (nSPS) is 12.4. The summed E-state index contributed by atoms with van der Waals surface area (Å²) in [6.45, 7) is 0. The molecular formula is C22H22N6OS. The van der Waals surface area contributed by atoms with Crippen LogP contribution >= 0.6 is 11.8 Å². The first-order valence-corrected chi connectivity index (χ1v) is 11.0. The van der Waals surface area contributed by atoms with E-state index < -0.39 is 0 Å². The molecule has 1 unspecified atom stereocenters. The first-order valence-electron chi connectivity index (χ1n) is 9.62. The Hall–Kier alpha value is -3.39. The number of nitrogens with zero attached hydrogens (tertiary/aromatic N) is 5. The third-order valence-corrected chi connectivity index (χ3v) is 5.27. The summed E-state index contributed by atoms with van der Waals surface area (Å²) in [4.78, 5) is 12.6. The van der Waals surface area contributed by atoms with Crippen molar-refractivity contribution in [2.75, 3.05) is 12.0 Å². The molecule has 152 valence electrons. The minimum Gasteiger partial charge on any atom is -0.342 e. The van der Waals surface area contributed by atoms with E-state index in [-0.39, 0.29) is 11.9 Å². The number of carbonyl (C=O) groups is 1. The zero-order valence-corrected chi connectivity index (χ0v) is 17.4. The van der Waals surface area contributed by atoms with Crippen molar-refractivity contribution < 1.29 is 4.79 Å². The van der Waals surface area contributed by atoms with E-state index in [4.69, 9.17) is 0 Å². The molecule has 0 radical (unpaired) electrons. The summed E-state index contributed by atoms with van der Waals surface area (Å²) in [5, 5.41) is 15.9. The van der Waals surface area contributed by atoms with Gasteiger partial charge in [0.2, 0.25) is 5.91 Å². The van der Waals surface area contributed by atoms with Crippen LogP contribution in [-0.2, 0) is 4.79 Å². The van der Waals surface area contributed by atoms with Gasteiger partial charge in [-0.05, 0) is 48.8 Å². The lowest BCUT2D eigenvalue weighted by molar-refractivity contribution is -0.117. The van der Waals surface area contributed by atoms with Crippen molar-refractivity contribution in [3.05, 3.63) is 84.6 Å². The van der Waals surface area contributed by atoms with Crippen LogP contribution in [0.2, 0.25) is 0 Å². The second kappa shape index (κ2) is 9.41. The van der Waals surface area contributed by atoms with Gasteiger partial charge in [0.15, 0.2) is 11.5 Å². The maximum Gasteiger partial charge on any atom is 0.244 e. The predicted molar refractivity (Wildman–Crippen MR) is 119 cm³/mol. The van der Waals surface area contributed by atoms with Gasteiger partial charge in [-0.25, -0.2) is 4.68 Å². The molecule has 3 heterocycles. The van der Waals surface area contributed by atoms with Crippen LogP contribution in [0.3, 0.4) is 0 Å². The van der Waals surface area contributed by atoms with E-state index in [0.717, 1.165) is 34.9 Å². The Morgan fingerprint density at radius 2 is 2.00 bits per heavy atom. The van der Waals surface area contributed by atoms with Gasteiger partial charge < -0.3 is 5.32 Å². The molecule has 3 aromatic heterocycles. The predicted octanol–water partition coefficient (Wildman–Crippen LogP) is 3.54. The number of pyridine rings is 1. The number of carbonyl (C=O) groups excluding carboxylic acids is 1. The number of hydrogen-bond acceptors (Lipinski definition) is 5. The monoisotopic (exact) mass is 418 g/mol. The highest BCUT2D eigenvalue weighted by Crippen LogP contribution is 2.18. The molecule has 7 nitrogen and oxygen atoms in total. The first-order chi connectivity index (χ1) is 14.7. The molecule has 0 spiro atoms. The van der Waals surface area contributed by atoms with Crippen LogP contribution in [0, 0.1) is 0 Å². The van der Waals surface area contributed by atoms with Crippen LogP contribution in [0.4, 0.5) is 0 Å². The number of thioether (sulfide) groups is 1. The highest BCUT2D eigenvalue weighted by Gasteiger charge is 2.19. The highest BCUT2D eigenvalue weighted by molar-refractivity contribution is 7.98. The number of amides is 1. The van der Waals surface area contributed by atoms with Crippen molar-refractivity contribution in [3.63, 3.8) is 0 Å². The topological polar surface area (TPSA) is 77.1 Å². The van der Waals surface area contributed by atoms with Gasteiger partial charge in [-0.1, -0.05) is 24.3 Å². The maximum atomic E-state index is 12.6. The van der Waals surface area contributed by atoms with Gasteiger partial charge in [0.05, 0.1) is 17.9 Å². The Bertz CT molecular complexity index is 1150. The van der Waals surface area contributed by atoms with Crippen molar-refractivity contribution in [2.24, 2.45) is 0 Å². The summed E-state index contributed by atoms with van der Waals surface area (Å²) >= 11 is 1.73. The zero-order chi connectivity index (χ0) is 20.8. The van der Waals surface area contributed by atoms with E-state index in [9.17, 15) is 4.79 Å². The Labute approximate surface area is 178 Å². The van der Waals surface area contributed by atoms with Gasteiger partial charge in [-0.15, -0.1) is 10.2 Å². The molecule has 1 aromatic carbocycles. The van der Waals surface area contributed by atoms with Crippen molar-refractivity contribution in [1.29, 1.82) is 0 Å². The van der Waals surface area contributed by atoms with E-state index in [2.05, 4.69) is 20.6 Å². The molecule has 0 aliphatic heterocycles. The molecule has 30 heavy (non-hydrogen) atoms. The van der Waals surface area contributed by atoms with Crippen LogP contribution in [0.25, 0.3) is 17.4 Å². The molecule has 0 saturated heterocycles. The summed E-state index contributed by atoms with van der Waals surface area (Å²) in [5.41, 5.74) is 2.58.